The van der Waals surface area contributed by atoms with Crippen LogP contribution in [0.15, 0.2) is 73.3 Å². The van der Waals surface area contributed by atoms with E-state index in [0.29, 0.717) is 34.5 Å². The molecule has 0 saturated heterocycles. The highest BCUT2D eigenvalue weighted by Crippen LogP contribution is 2.35. The van der Waals surface area contributed by atoms with Crippen molar-refractivity contribution >= 4 is 43.2 Å². The van der Waals surface area contributed by atoms with Crippen LogP contribution in [0.1, 0.15) is 18.9 Å². The second-order valence-corrected chi connectivity index (χ2v) is 12.5. The van der Waals surface area contributed by atoms with Gasteiger partial charge in [0.05, 0.1) is 40.6 Å². The fourth-order valence-electron chi connectivity index (χ4n) is 4.98. The summed E-state index contributed by atoms with van der Waals surface area (Å²) < 4.78 is 37.9. The maximum atomic E-state index is 14.6. The highest BCUT2D eigenvalue weighted by molar-refractivity contribution is 7.90. The molecule has 0 atom stereocenters. The van der Waals surface area contributed by atoms with Crippen molar-refractivity contribution in [3.05, 3.63) is 84.7 Å². The first-order chi connectivity index (χ1) is 20.2. The topological polar surface area (TPSA) is 133 Å². The van der Waals surface area contributed by atoms with Gasteiger partial charge in [0, 0.05) is 47.0 Å². The molecule has 11 heteroatoms. The van der Waals surface area contributed by atoms with E-state index in [1.165, 1.54) is 18.4 Å². The molecule has 3 N–H and O–H groups in total. The SMILES string of the molecule is CCC(=O)Nc1cncc(-c2ccc3[nH]nc(-c4cc5c(-c6cc(F)cc(CCS(C)(=O)=O)c6)cncc5[nH]4)c3c2)c1. The first-order valence-corrected chi connectivity index (χ1v) is 15.4. The number of carbonyl (C=O) groups excluding carboxylic acids is 1. The number of aromatic amines is 2. The molecule has 0 aliphatic rings. The van der Waals surface area contributed by atoms with Crippen molar-refractivity contribution in [2.45, 2.75) is 19.8 Å². The summed E-state index contributed by atoms with van der Waals surface area (Å²) in [4.78, 5) is 23.9. The van der Waals surface area contributed by atoms with E-state index in [4.69, 9.17) is 0 Å². The van der Waals surface area contributed by atoms with Gasteiger partial charge in [-0.25, -0.2) is 12.8 Å². The maximum absolute atomic E-state index is 14.6. The minimum atomic E-state index is -3.19. The summed E-state index contributed by atoms with van der Waals surface area (Å²) >= 11 is 0. The van der Waals surface area contributed by atoms with E-state index in [0.717, 1.165) is 38.6 Å². The molecule has 2 aromatic carbocycles. The van der Waals surface area contributed by atoms with Gasteiger partial charge in [-0.15, -0.1) is 0 Å². The van der Waals surface area contributed by atoms with E-state index in [9.17, 15) is 17.6 Å². The number of H-pyrrole nitrogens is 2. The van der Waals surface area contributed by atoms with Gasteiger partial charge in [0.25, 0.3) is 0 Å². The Morgan fingerprint density at radius 2 is 1.74 bits per heavy atom. The molecule has 0 aliphatic heterocycles. The van der Waals surface area contributed by atoms with Crippen LogP contribution < -0.4 is 5.32 Å². The average molecular weight is 583 g/mol. The third-order valence-corrected chi connectivity index (χ3v) is 8.02. The van der Waals surface area contributed by atoms with Gasteiger partial charge >= 0.3 is 0 Å². The smallest absolute Gasteiger partial charge is 0.224 e. The molecule has 42 heavy (non-hydrogen) atoms. The van der Waals surface area contributed by atoms with E-state index >= 15 is 0 Å². The lowest BCUT2D eigenvalue weighted by atomic mass is 10.00. The molecular weight excluding hydrogens is 555 g/mol. The Labute approximate surface area is 241 Å². The number of anilines is 1. The quantitative estimate of drug-likeness (QED) is 0.204. The highest BCUT2D eigenvalue weighted by atomic mass is 32.2. The minimum absolute atomic E-state index is 0.0609. The van der Waals surface area contributed by atoms with Crippen LogP contribution in [0, 0.1) is 5.82 Å². The van der Waals surface area contributed by atoms with Gasteiger partial charge in [0.2, 0.25) is 5.91 Å². The molecule has 6 aromatic rings. The van der Waals surface area contributed by atoms with Crippen molar-refractivity contribution in [1.82, 2.24) is 25.1 Å². The van der Waals surface area contributed by atoms with Gasteiger partial charge in [-0.2, -0.15) is 5.10 Å². The van der Waals surface area contributed by atoms with Gasteiger partial charge in [-0.3, -0.25) is 19.9 Å². The van der Waals surface area contributed by atoms with E-state index in [2.05, 4.69) is 30.5 Å². The lowest BCUT2D eigenvalue weighted by Crippen LogP contribution is -2.09. The molecule has 0 aliphatic carbocycles. The molecule has 4 aromatic heterocycles. The van der Waals surface area contributed by atoms with Crippen molar-refractivity contribution in [3.63, 3.8) is 0 Å². The summed E-state index contributed by atoms with van der Waals surface area (Å²) in [5.41, 5.74) is 7.34. The number of carbonyl (C=O) groups is 1. The number of aromatic nitrogens is 5. The minimum Gasteiger partial charge on any atom is -0.352 e. The van der Waals surface area contributed by atoms with Gasteiger partial charge in [0.1, 0.15) is 21.3 Å². The van der Waals surface area contributed by atoms with Crippen molar-refractivity contribution in [2.75, 3.05) is 17.3 Å². The Balaban J connectivity index is 1.39. The van der Waals surface area contributed by atoms with Crippen LogP contribution in [0.4, 0.5) is 10.1 Å². The van der Waals surface area contributed by atoms with E-state index in [-0.39, 0.29) is 18.1 Å². The number of aryl methyl sites for hydroxylation is 1. The van der Waals surface area contributed by atoms with Gasteiger partial charge < -0.3 is 10.3 Å². The predicted molar refractivity (Wildman–Crippen MR) is 162 cm³/mol. The van der Waals surface area contributed by atoms with Gasteiger partial charge in [-0.1, -0.05) is 19.1 Å². The first kappa shape index (κ1) is 27.3. The summed E-state index contributed by atoms with van der Waals surface area (Å²) in [5, 5.41) is 12.2. The monoisotopic (exact) mass is 582 g/mol. The van der Waals surface area contributed by atoms with Gasteiger partial charge in [0.15, 0.2) is 0 Å². The Bertz CT molecular complexity index is 2080. The van der Waals surface area contributed by atoms with Crippen LogP contribution in [-0.4, -0.2) is 51.5 Å². The summed E-state index contributed by atoms with van der Waals surface area (Å²) in [5.74, 6) is -0.589. The molecule has 4 heterocycles. The van der Waals surface area contributed by atoms with Crippen LogP contribution in [-0.2, 0) is 21.1 Å². The van der Waals surface area contributed by atoms with Crippen LogP contribution >= 0.6 is 0 Å². The zero-order chi connectivity index (χ0) is 29.4. The predicted octanol–water partition coefficient (Wildman–Crippen LogP) is 5.91. The number of pyridine rings is 2. The number of halogens is 1. The van der Waals surface area contributed by atoms with E-state index < -0.39 is 15.7 Å². The Kier molecular flexibility index (Phi) is 7.03. The first-order valence-electron chi connectivity index (χ1n) is 13.3. The summed E-state index contributed by atoms with van der Waals surface area (Å²) in [6.07, 6.45) is 8.49. The fraction of sp³-hybridized carbons (Fsp3) is 0.161. The number of rotatable bonds is 8. The van der Waals surface area contributed by atoms with Crippen LogP contribution in [0.25, 0.3) is 55.4 Å². The molecule has 9 nitrogen and oxygen atoms in total. The third-order valence-electron chi connectivity index (χ3n) is 7.07. The van der Waals surface area contributed by atoms with Crippen LogP contribution in [0.5, 0.6) is 0 Å². The van der Waals surface area contributed by atoms with Crippen LogP contribution in [0.3, 0.4) is 0 Å². The van der Waals surface area contributed by atoms with Gasteiger partial charge in [-0.05, 0) is 59.5 Å². The number of benzene rings is 2. The summed E-state index contributed by atoms with van der Waals surface area (Å²) in [6, 6.07) is 14.4. The Morgan fingerprint density at radius 1 is 0.905 bits per heavy atom. The number of hydrogen-bond donors (Lipinski definition) is 3. The Morgan fingerprint density at radius 3 is 2.55 bits per heavy atom. The average Bonchev–Trinajstić information content (AvgIpc) is 3.59. The molecule has 212 valence electrons. The second-order valence-electron chi connectivity index (χ2n) is 10.3. The molecule has 0 unspecified atom stereocenters. The maximum Gasteiger partial charge on any atom is 0.224 e. The number of sulfone groups is 1. The number of fused-ring (bicyclic) bond motifs is 2. The second kappa shape index (κ2) is 10.8. The Hall–Kier alpha value is -4.90. The fourth-order valence-corrected chi connectivity index (χ4v) is 5.58. The summed E-state index contributed by atoms with van der Waals surface area (Å²) in [7, 11) is -3.19. The lowest BCUT2D eigenvalue weighted by molar-refractivity contribution is -0.115. The normalized spacial score (nSPS) is 11.8. The number of amides is 1. The van der Waals surface area contributed by atoms with E-state index in [1.54, 1.807) is 37.8 Å². The third kappa shape index (κ3) is 5.64. The van der Waals surface area contributed by atoms with Crippen molar-refractivity contribution in [3.8, 4) is 33.6 Å². The zero-order valence-electron chi connectivity index (χ0n) is 22.9. The number of hydrogen-bond acceptors (Lipinski definition) is 6. The number of nitrogens with zero attached hydrogens (tertiary/aromatic N) is 3. The molecule has 1 amide bonds. The zero-order valence-corrected chi connectivity index (χ0v) is 23.7. The number of nitrogens with one attached hydrogen (secondary N) is 3. The molecule has 0 fully saturated rings. The molecular formula is C31H27FN6O3S. The molecule has 6 rings (SSSR count). The molecule has 0 saturated carbocycles. The summed E-state index contributed by atoms with van der Waals surface area (Å²) in [6.45, 7) is 1.79. The van der Waals surface area contributed by atoms with Crippen molar-refractivity contribution in [1.29, 1.82) is 0 Å². The molecule has 0 spiro atoms. The molecule has 0 bridgehead atoms. The molecule has 0 radical (unpaired) electrons. The van der Waals surface area contributed by atoms with Crippen molar-refractivity contribution < 1.29 is 17.6 Å². The van der Waals surface area contributed by atoms with E-state index in [1.807, 2.05) is 30.3 Å². The van der Waals surface area contributed by atoms with Crippen LogP contribution in [0.2, 0.25) is 0 Å². The lowest BCUT2D eigenvalue weighted by Gasteiger charge is -2.07. The van der Waals surface area contributed by atoms with Crippen molar-refractivity contribution in [2.24, 2.45) is 0 Å². The highest BCUT2D eigenvalue weighted by Gasteiger charge is 2.16. The standard InChI is InChI=1S/C31H27FN6O3S/c1-3-30(39)35-23-11-21(14-33-15-23)19-4-5-27-25(12-19)31(38-37-27)28-13-24-26(16-34-17-29(24)36-28)20-8-18(9-22(32)10-20)6-7-42(2,40)41/h4-5,8-17,36H,3,6-7H2,1-2H3,(H,35,39)(H,37,38). The largest absolute Gasteiger partial charge is 0.352 e.